The van der Waals surface area contributed by atoms with E-state index in [0.29, 0.717) is 49.7 Å². The molecule has 0 bridgehead atoms. The van der Waals surface area contributed by atoms with E-state index in [4.69, 9.17) is 17.2 Å². The lowest BCUT2D eigenvalue weighted by Gasteiger charge is -2.36. The van der Waals surface area contributed by atoms with E-state index in [2.05, 4.69) is 47.2 Å². The number of rotatable bonds is 15. The number of hydrogen-bond acceptors (Lipinski definition) is 10. The third-order valence-corrected chi connectivity index (χ3v) is 15.3. The number of nitrogens with zero attached hydrogens (tertiary/aromatic N) is 2. The van der Waals surface area contributed by atoms with E-state index in [1.54, 1.807) is 6.20 Å². The Morgan fingerprint density at radius 1 is 0.759 bits per heavy atom. The third-order valence-electron chi connectivity index (χ3n) is 15.3. The van der Waals surface area contributed by atoms with Crippen LogP contribution in [0.15, 0.2) is 77.9 Å². The summed E-state index contributed by atoms with van der Waals surface area (Å²) in [5.74, 6) is -6.37. The van der Waals surface area contributed by atoms with Crippen molar-refractivity contribution in [3.63, 3.8) is 0 Å². The van der Waals surface area contributed by atoms with E-state index in [-0.39, 0.29) is 69.9 Å². The number of benzene rings is 3. The van der Waals surface area contributed by atoms with E-state index < -0.39 is 108 Å². The molecule has 3 fully saturated rings. The molecule has 7 rings (SSSR count). The zero-order valence-electron chi connectivity index (χ0n) is 45.2. The van der Waals surface area contributed by atoms with Gasteiger partial charge in [-0.15, -0.1) is 0 Å². The number of nitrogens with two attached hydrogens (primary N) is 3. The molecule has 1 aliphatic carbocycles. The lowest BCUT2D eigenvalue weighted by atomic mass is 9.84. The van der Waals surface area contributed by atoms with Crippen LogP contribution in [0.5, 0.6) is 0 Å². The van der Waals surface area contributed by atoms with Crippen molar-refractivity contribution in [2.45, 2.75) is 165 Å². The monoisotopic (exact) mass is 1090 g/mol. The van der Waals surface area contributed by atoms with Crippen LogP contribution in [-0.2, 0) is 56.0 Å². The lowest BCUT2D eigenvalue weighted by molar-refractivity contribution is -0.146. The molecule has 3 aromatic carbocycles. The first kappa shape index (κ1) is 58.6. The number of para-hydroxylation sites is 1. The second kappa shape index (κ2) is 28.0. The second-order valence-corrected chi connectivity index (χ2v) is 21.2. The molecular weight excluding hydrogens is 1010 g/mol. The molecule has 0 spiro atoms. The van der Waals surface area contributed by atoms with Gasteiger partial charge >= 0.3 is 0 Å². The number of fused-ring (bicyclic) bond motifs is 5. The first-order valence-electron chi connectivity index (χ1n) is 27.7. The van der Waals surface area contributed by atoms with Crippen LogP contribution in [0, 0.1) is 5.92 Å². The molecule has 9 atom stereocenters. The van der Waals surface area contributed by atoms with Gasteiger partial charge in [0.05, 0.1) is 6.42 Å². The van der Waals surface area contributed by atoms with Crippen LogP contribution in [0.25, 0.3) is 21.7 Å². The minimum Gasteiger partial charge on any atom is -0.370 e. The molecule has 1 saturated carbocycles. The van der Waals surface area contributed by atoms with E-state index in [1.165, 1.54) is 11.8 Å². The maximum absolute atomic E-state index is 15.3. The minimum atomic E-state index is -1.47. The highest BCUT2D eigenvalue weighted by Crippen LogP contribution is 2.40. The van der Waals surface area contributed by atoms with Gasteiger partial charge in [-0.25, -0.2) is 0 Å². The van der Waals surface area contributed by atoms with E-state index >= 15 is 14.4 Å². The van der Waals surface area contributed by atoms with Crippen LogP contribution in [0.3, 0.4) is 0 Å². The number of guanidine groups is 1. The average molecular weight is 1090 g/mol. The molecule has 14 N–H and O–H groups in total. The van der Waals surface area contributed by atoms with Gasteiger partial charge in [0.2, 0.25) is 53.2 Å². The number of aromatic amines is 1. The summed E-state index contributed by atoms with van der Waals surface area (Å²) in [5, 5.41) is 22.3. The van der Waals surface area contributed by atoms with Crippen molar-refractivity contribution in [2.24, 2.45) is 28.1 Å². The highest BCUT2D eigenvalue weighted by molar-refractivity contribution is 5.99. The number of carbonyl (C=O) groups excluding carboxylic acids is 9. The summed E-state index contributed by atoms with van der Waals surface area (Å²) in [5.41, 5.74) is 19.3. The standard InChI is InChI=1S/C57H77N13O9/c1-3-4-18-42(64-33(2)71)51(74)69-46-31-49(72)61-25-12-11-20-41(50(58)73)65-54(77)45(29-38-32-63-40-19-9-8-17-39(38)40)67-52(75)43(21-13-26-62-57(59)60)66-53(76)44(28-34-23-24-35-14-5-6-15-36(35)27-34)68-55(78)48-30-37-16-7-10-22-47(37)70(48)56(46)79/h5-6,8-9,14-15,17,19,23-24,27,32,37,41-48,63H,3-4,7,10-13,16,18,20-22,25-26,28-31H2,1-2H3,(H2,58,73)(H,61,72)(H,64,71)(H,65,77)(H,66,76)(H,67,75)(H,68,78)(H,69,74)(H4,59,60,62)/t37?,41-,42-,43-,44+,45-,46-,47?,48-/m0/s1. The van der Waals surface area contributed by atoms with E-state index in [0.717, 1.165) is 34.5 Å². The minimum absolute atomic E-state index is 0.0221. The summed E-state index contributed by atoms with van der Waals surface area (Å²) >= 11 is 0. The Morgan fingerprint density at radius 3 is 2.20 bits per heavy atom. The van der Waals surface area contributed by atoms with Crippen molar-refractivity contribution in [1.82, 2.24) is 47.1 Å². The fourth-order valence-electron chi connectivity index (χ4n) is 11.2. The molecule has 1 aromatic heterocycles. The summed E-state index contributed by atoms with van der Waals surface area (Å²) < 4.78 is 0. The van der Waals surface area contributed by atoms with Gasteiger partial charge in [0.15, 0.2) is 5.96 Å². The zero-order chi connectivity index (χ0) is 56.6. The Bertz CT molecular complexity index is 2890. The topological polar surface area (TPSA) is 347 Å². The Hall–Kier alpha value is -8.04. The predicted molar refractivity (Wildman–Crippen MR) is 298 cm³/mol. The summed E-state index contributed by atoms with van der Waals surface area (Å²) in [4.78, 5) is 137. The summed E-state index contributed by atoms with van der Waals surface area (Å²) in [6.07, 6.45) is 6.66. The molecule has 9 amide bonds. The highest BCUT2D eigenvalue weighted by Gasteiger charge is 2.50. The third kappa shape index (κ3) is 16.0. The van der Waals surface area contributed by atoms with Gasteiger partial charge in [0.25, 0.3) is 0 Å². The molecule has 22 nitrogen and oxygen atoms in total. The molecule has 2 unspecified atom stereocenters. The molecule has 0 radical (unpaired) electrons. The van der Waals surface area contributed by atoms with Gasteiger partial charge in [-0.05, 0) is 91.7 Å². The summed E-state index contributed by atoms with van der Waals surface area (Å²) in [7, 11) is 0. The Kier molecular flexibility index (Phi) is 20.8. The zero-order valence-corrected chi connectivity index (χ0v) is 45.2. The fourth-order valence-corrected chi connectivity index (χ4v) is 11.2. The molecule has 79 heavy (non-hydrogen) atoms. The Balaban J connectivity index is 1.28. The van der Waals surface area contributed by atoms with Gasteiger partial charge in [0, 0.05) is 56.0 Å². The number of H-pyrrole nitrogens is 1. The van der Waals surface area contributed by atoms with E-state index in [9.17, 15) is 28.8 Å². The molecule has 2 aliphatic heterocycles. The summed E-state index contributed by atoms with van der Waals surface area (Å²) in [6, 6.07) is 11.5. The van der Waals surface area contributed by atoms with Crippen LogP contribution in [0.2, 0.25) is 0 Å². The van der Waals surface area contributed by atoms with Crippen LogP contribution in [-0.4, -0.2) is 130 Å². The molecule has 22 heteroatoms. The van der Waals surface area contributed by atoms with Crippen LogP contribution in [0.4, 0.5) is 0 Å². The maximum atomic E-state index is 15.3. The number of unbranched alkanes of at least 4 members (excludes halogenated alkanes) is 1. The van der Waals surface area contributed by atoms with Crippen LogP contribution >= 0.6 is 0 Å². The van der Waals surface area contributed by atoms with Crippen molar-refractivity contribution in [1.29, 1.82) is 0 Å². The SMILES string of the molecule is CCCC[C@H](NC(C)=O)C(=O)N[C@H]1CC(=O)NCCCC[C@@H](C(N)=O)NC(=O)[C@H](Cc2c[nH]c3ccccc23)NC(=O)[C@H](CCCN=C(N)N)NC(=O)[C@@H](Cc2ccc3ccccc3c2)NC(=O)[C@@H]2CC3CCCCC3N2C1=O. The fraction of sp³-hybridized carbons (Fsp3) is 0.509. The molecule has 4 aromatic rings. The number of aliphatic imine (C=N–C) groups is 1. The van der Waals surface area contributed by atoms with Gasteiger partial charge in [0.1, 0.15) is 42.3 Å². The molecule has 2 saturated heterocycles. The number of hydrogen-bond donors (Lipinski definition) is 11. The highest BCUT2D eigenvalue weighted by atomic mass is 16.2. The number of carbonyl (C=O) groups is 9. The van der Waals surface area contributed by atoms with Crippen LogP contribution in [0.1, 0.15) is 115 Å². The second-order valence-electron chi connectivity index (χ2n) is 21.2. The normalized spacial score (nSPS) is 24.4. The van der Waals surface area contributed by atoms with Crippen LogP contribution < -0.4 is 54.4 Å². The largest absolute Gasteiger partial charge is 0.370 e. The maximum Gasteiger partial charge on any atom is 0.246 e. The van der Waals surface area contributed by atoms with Gasteiger partial charge < -0.3 is 64.3 Å². The quantitative estimate of drug-likeness (QED) is 0.0462. The van der Waals surface area contributed by atoms with E-state index in [1.807, 2.05) is 73.7 Å². The average Bonchev–Trinajstić information content (AvgIpc) is 4.22. The van der Waals surface area contributed by atoms with Crippen molar-refractivity contribution in [3.05, 3.63) is 84.1 Å². The van der Waals surface area contributed by atoms with Crippen molar-refractivity contribution in [2.75, 3.05) is 13.1 Å². The molecular formula is C57H77N13O9. The van der Waals surface area contributed by atoms with Gasteiger partial charge in [-0.1, -0.05) is 93.3 Å². The molecule has 3 heterocycles. The molecule has 3 aliphatic rings. The summed E-state index contributed by atoms with van der Waals surface area (Å²) in [6.45, 7) is 3.39. The lowest BCUT2D eigenvalue weighted by Crippen LogP contribution is -2.61. The van der Waals surface area contributed by atoms with Crippen molar-refractivity contribution >= 4 is 80.8 Å². The number of aromatic nitrogens is 1. The number of primary amides is 1. The number of amides is 9. The smallest absolute Gasteiger partial charge is 0.246 e. The Morgan fingerprint density at radius 2 is 1.44 bits per heavy atom. The first-order chi connectivity index (χ1) is 38.0. The van der Waals surface area contributed by atoms with Gasteiger partial charge in [-0.2, -0.15) is 0 Å². The Labute approximate surface area is 459 Å². The van der Waals surface area contributed by atoms with Crippen molar-refractivity contribution < 1.29 is 43.2 Å². The first-order valence-corrected chi connectivity index (χ1v) is 27.7. The van der Waals surface area contributed by atoms with Gasteiger partial charge in [-0.3, -0.25) is 48.1 Å². The number of nitrogens with one attached hydrogen (secondary N) is 8. The predicted octanol–water partition coefficient (Wildman–Crippen LogP) is 1.61. The molecule has 424 valence electrons. The van der Waals surface area contributed by atoms with Crippen molar-refractivity contribution in [3.8, 4) is 0 Å².